The highest BCUT2D eigenvalue weighted by atomic mass is 32.2. The quantitative estimate of drug-likeness (QED) is 0.436. The van der Waals surface area contributed by atoms with Gasteiger partial charge in [0.15, 0.2) is 16.8 Å². The molecule has 140 valence electrons. The van der Waals surface area contributed by atoms with E-state index in [9.17, 15) is 9.18 Å². The number of ketones is 1. The number of hydrogen-bond acceptors (Lipinski definition) is 6. The molecule has 8 heteroatoms. The first-order valence-corrected chi connectivity index (χ1v) is 9.27. The van der Waals surface area contributed by atoms with Gasteiger partial charge in [-0.25, -0.2) is 4.39 Å². The summed E-state index contributed by atoms with van der Waals surface area (Å²) in [6.45, 7) is 2.85. The molecule has 0 aliphatic heterocycles. The van der Waals surface area contributed by atoms with Crippen molar-refractivity contribution in [1.29, 1.82) is 0 Å². The molecule has 0 amide bonds. The molecule has 3 rings (SSSR count). The summed E-state index contributed by atoms with van der Waals surface area (Å²) in [5.41, 5.74) is 1.35. The molecule has 3 aromatic rings. The second kappa shape index (κ2) is 8.88. The largest absolute Gasteiger partial charge is 0.383 e. The Morgan fingerprint density at radius 3 is 2.56 bits per heavy atom. The fourth-order valence-electron chi connectivity index (χ4n) is 2.54. The lowest BCUT2D eigenvalue weighted by atomic mass is 10.1. The van der Waals surface area contributed by atoms with Gasteiger partial charge >= 0.3 is 0 Å². The van der Waals surface area contributed by atoms with Crippen molar-refractivity contribution in [3.8, 4) is 11.4 Å². The maximum Gasteiger partial charge on any atom is 0.192 e. The van der Waals surface area contributed by atoms with Crippen LogP contribution in [0.25, 0.3) is 11.4 Å². The van der Waals surface area contributed by atoms with Gasteiger partial charge in [-0.05, 0) is 43.3 Å². The van der Waals surface area contributed by atoms with Gasteiger partial charge in [-0.1, -0.05) is 11.8 Å². The Morgan fingerprint density at radius 1 is 1.19 bits per heavy atom. The third kappa shape index (κ3) is 4.58. The minimum atomic E-state index is -0.397. The lowest BCUT2D eigenvalue weighted by molar-refractivity contribution is 0.0994. The van der Waals surface area contributed by atoms with Crippen molar-refractivity contribution in [3.63, 3.8) is 0 Å². The first-order chi connectivity index (χ1) is 13.1. The van der Waals surface area contributed by atoms with Gasteiger partial charge < -0.3 is 4.74 Å². The topological polar surface area (TPSA) is 69.9 Å². The number of pyridine rings is 1. The molecule has 0 saturated heterocycles. The van der Waals surface area contributed by atoms with Crippen LogP contribution >= 0.6 is 11.8 Å². The Morgan fingerprint density at radius 2 is 1.89 bits per heavy atom. The van der Waals surface area contributed by atoms with Crippen LogP contribution in [0.3, 0.4) is 0 Å². The molecular formula is C19H19FN4O2S. The molecule has 27 heavy (non-hydrogen) atoms. The van der Waals surface area contributed by atoms with E-state index in [0.29, 0.717) is 29.7 Å². The van der Waals surface area contributed by atoms with Crippen molar-refractivity contribution in [2.75, 3.05) is 13.7 Å². The van der Waals surface area contributed by atoms with E-state index in [4.69, 9.17) is 4.74 Å². The standard InChI is InChI=1S/C19H19FN4O2S/c1-13(17(25)14-3-5-16(20)6-4-14)27-19-23-22-18(24(19)11-12-26-2)15-7-9-21-10-8-15/h3-10,13H,11-12H2,1-2H3. The maximum absolute atomic E-state index is 13.1. The molecule has 1 unspecified atom stereocenters. The zero-order valence-corrected chi connectivity index (χ0v) is 15.8. The van der Waals surface area contributed by atoms with E-state index in [1.165, 1.54) is 36.0 Å². The van der Waals surface area contributed by atoms with Gasteiger partial charge in [-0.15, -0.1) is 10.2 Å². The van der Waals surface area contributed by atoms with Crippen molar-refractivity contribution >= 4 is 17.5 Å². The van der Waals surface area contributed by atoms with Crippen LogP contribution in [0.4, 0.5) is 4.39 Å². The van der Waals surface area contributed by atoms with Gasteiger partial charge in [0.2, 0.25) is 0 Å². The predicted octanol–water partition coefficient (Wildman–Crippen LogP) is 3.49. The molecule has 2 aromatic heterocycles. The summed E-state index contributed by atoms with van der Waals surface area (Å²) >= 11 is 1.32. The first-order valence-electron chi connectivity index (χ1n) is 8.39. The van der Waals surface area contributed by atoms with Gasteiger partial charge in [-0.2, -0.15) is 0 Å². The van der Waals surface area contributed by atoms with Crippen LogP contribution in [0.1, 0.15) is 17.3 Å². The molecule has 0 aliphatic rings. The summed E-state index contributed by atoms with van der Waals surface area (Å²) in [5.74, 6) is 0.235. The monoisotopic (exact) mass is 386 g/mol. The van der Waals surface area contributed by atoms with Crippen LogP contribution in [0.5, 0.6) is 0 Å². The fourth-order valence-corrected chi connectivity index (χ4v) is 3.49. The Bertz CT molecular complexity index is 900. The number of rotatable bonds is 8. The zero-order chi connectivity index (χ0) is 19.2. The average Bonchev–Trinajstić information content (AvgIpc) is 3.09. The van der Waals surface area contributed by atoms with Gasteiger partial charge in [0, 0.05) is 30.6 Å². The van der Waals surface area contributed by atoms with Crippen molar-refractivity contribution in [3.05, 3.63) is 60.2 Å². The molecule has 0 aliphatic carbocycles. The molecule has 6 nitrogen and oxygen atoms in total. The molecule has 0 fully saturated rings. The molecule has 1 atom stereocenters. The minimum absolute atomic E-state index is 0.0910. The van der Waals surface area contributed by atoms with Gasteiger partial charge in [0.05, 0.1) is 18.4 Å². The van der Waals surface area contributed by atoms with E-state index in [2.05, 4.69) is 15.2 Å². The highest BCUT2D eigenvalue weighted by Gasteiger charge is 2.21. The summed E-state index contributed by atoms with van der Waals surface area (Å²) in [6, 6.07) is 9.27. The highest BCUT2D eigenvalue weighted by molar-refractivity contribution is 8.00. The van der Waals surface area contributed by atoms with E-state index in [-0.39, 0.29) is 11.6 Å². The van der Waals surface area contributed by atoms with Crippen LogP contribution < -0.4 is 0 Å². The van der Waals surface area contributed by atoms with E-state index in [1.807, 2.05) is 16.7 Å². The number of carbonyl (C=O) groups excluding carboxylic acids is 1. The lowest BCUT2D eigenvalue weighted by Crippen LogP contribution is -2.15. The molecule has 0 saturated carbocycles. The van der Waals surface area contributed by atoms with E-state index in [1.54, 1.807) is 26.4 Å². The summed E-state index contributed by atoms with van der Waals surface area (Å²) in [6.07, 6.45) is 3.39. The minimum Gasteiger partial charge on any atom is -0.383 e. The van der Waals surface area contributed by atoms with Crippen LogP contribution in [0.2, 0.25) is 0 Å². The number of ether oxygens (including phenoxy) is 1. The number of halogens is 1. The smallest absolute Gasteiger partial charge is 0.192 e. The van der Waals surface area contributed by atoms with Gasteiger partial charge in [0.1, 0.15) is 5.82 Å². The summed E-state index contributed by atoms with van der Waals surface area (Å²) in [4.78, 5) is 16.7. The summed E-state index contributed by atoms with van der Waals surface area (Å²) in [7, 11) is 1.63. The number of Topliss-reactive ketones (excluding diaryl/α,β-unsaturated/α-hetero) is 1. The molecule has 0 N–H and O–H groups in total. The van der Waals surface area contributed by atoms with E-state index < -0.39 is 5.25 Å². The van der Waals surface area contributed by atoms with Crippen LogP contribution in [-0.4, -0.2) is 44.5 Å². The molecule has 1 aromatic carbocycles. The van der Waals surface area contributed by atoms with Crippen molar-refractivity contribution in [2.24, 2.45) is 0 Å². The predicted molar refractivity (Wildman–Crippen MR) is 101 cm³/mol. The third-order valence-corrected chi connectivity index (χ3v) is 5.04. The number of methoxy groups -OCH3 is 1. The first kappa shape index (κ1) is 19.2. The van der Waals surface area contributed by atoms with Gasteiger partial charge in [-0.3, -0.25) is 14.3 Å². The highest BCUT2D eigenvalue weighted by Crippen LogP contribution is 2.28. The zero-order valence-electron chi connectivity index (χ0n) is 15.0. The molecule has 0 spiro atoms. The van der Waals surface area contributed by atoms with Crippen LogP contribution in [-0.2, 0) is 11.3 Å². The fraction of sp³-hybridized carbons (Fsp3) is 0.263. The molecule has 2 heterocycles. The lowest BCUT2D eigenvalue weighted by Gasteiger charge is -2.13. The van der Waals surface area contributed by atoms with E-state index >= 15 is 0 Å². The summed E-state index contributed by atoms with van der Waals surface area (Å²) in [5, 5.41) is 8.78. The molecule has 0 bridgehead atoms. The Hall–Kier alpha value is -2.58. The maximum atomic E-state index is 13.1. The number of thioether (sulfide) groups is 1. The van der Waals surface area contributed by atoms with E-state index in [0.717, 1.165) is 5.56 Å². The normalized spacial score (nSPS) is 12.1. The van der Waals surface area contributed by atoms with Crippen LogP contribution in [0.15, 0.2) is 53.9 Å². The number of nitrogens with zero attached hydrogens (tertiary/aromatic N) is 4. The van der Waals surface area contributed by atoms with Crippen molar-refractivity contribution < 1.29 is 13.9 Å². The number of benzene rings is 1. The van der Waals surface area contributed by atoms with Crippen molar-refractivity contribution in [2.45, 2.75) is 23.9 Å². The third-order valence-electron chi connectivity index (χ3n) is 3.95. The summed E-state index contributed by atoms with van der Waals surface area (Å²) < 4.78 is 20.2. The average molecular weight is 386 g/mol. The van der Waals surface area contributed by atoms with Crippen LogP contribution in [0, 0.1) is 5.82 Å². The second-order valence-corrected chi connectivity index (χ2v) is 7.13. The molecular weight excluding hydrogens is 367 g/mol. The number of aromatic nitrogens is 4. The Labute approximate surface area is 160 Å². The van der Waals surface area contributed by atoms with Gasteiger partial charge in [0.25, 0.3) is 0 Å². The number of carbonyl (C=O) groups is 1. The van der Waals surface area contributed by atoms with Crippen molar-refractivity contribution in [1.82, 2.24) is 19.7 Å². The Balaban J connectivity index is 1.84. The SMILES string of the molecule is COCCn1c(SC(C)C(=O)c2ccc(F)cc2)nnc1-c1ccncc1. The molecule has 0 radical (unpaired) electrons. The second-order valence-electron chi connectivity index (χ2n) is 5.82. The number of hydrogen-bond donors (Lipinski definition) is 0. The Kier molecular flexibility index (Phi) is 6.31.